The SMILES string of the molecule is COc1cc(NC(=O)C(=O)NC(C)(C)CN2CCN(C(=O)C(C)(C)CO)CC2)ccc1-c1cnco1. The number of carbonyl (C=O) groups is 3. The summed E-state index contributed by atoms with van der Waals surface area (Å²) in [6.45, 7) is 9.81. The van der Waals surface area contributed by atoms with Crippen molar-refractivity contribution in [1.82, 2.24) is 20.1 Å². The Hall–Kier alpha value is -3.44. The quantitative estimate of drug-likeness (QED) is 0.461. The van der Waals surface area contributed by atoms with Gasteiger partial charge in [-0.1, -0.05) is 0 Å². The molecule has 0 spiro atoms. The maximum atomic E-state index is 12.6. The summed E-state index contributed by atoms with van der Waals surface area (Å²) in [5, 5.41) is 14.8. The lowest BCUT2D eigenvalue weighted by Crippen LogP contribution is -2.58. The molecule has 1 fully saturated rings. The maximum absolute atomic E-state index is 12.6. The molecule has 3 amide bonds. The Morgan fingerprint density at radius 3 is 2.39 bits per heavy atom. The molecule has 0 atom stereocenters. The van der Waals surface area contributed by atoms with E-state index in [2.05, 4.69) is 20.5 Å². The molecule has 1 saturated heterocycles. The van der Waals surface area contributed by atoms with E-state index in [0.29, 0.717) is 55.5 Å². The van der Waals surface area contributed by atoms with Crippen molar-refractivity contribution in [3.05, 3.63) is 30.8 Å². The molecule has 3 rings (SSSR count). The summed E-state index contributed by atoms with van der Waals surface area (Å²) in [6.07, 6.45) is 2.87. The van der Waals surface area contributed by atoms with Crippen LogP contribution in [0.5, 0.6) is 5.75 Å². The molecular weight excluding hydrogens is 466 g/mol. The zero-order valence-electron chi connectivity index (χ0n) is 21.5. The fraction of sp³-hybridized carbons (Fsp3) is 0.520. The van der Waals surface area contributed by atoms with Gasteiger partial charge in [0.1, 0.15) is 5.75 Å². The van der Waals surface area contributed by atoms with Crippen molar-refractivity contribution in [2.24, 2.45) is 5.41 Å². The van der Waals surface area contributed by atoms with Crippen LogP contribution in [0.3, 0.4) is 0 Å². The van der Waals surface area contributed by atoms with Crippen LogP contribution in [0.15, 0.2) is 35.2 Å². The van der Waals surface area contributed by atoms with Gasteiger partial charge in [0.05, 0.1) is 30.9 Å². The lowest BCUT2D eigenvalue weighted by Gasteiger charge is -2.41. The molecule has 0 bridgehead atoms. The molecule has 2 heterocycles. The maximum Gasteiger partial charge on any atom is 0.313 e. The largest absolute Gasteiger partial charge is 0.496 e. The average molecular weight is 502 g/mol. The van der Waals surface area contributed by atoms with Gasteiger partial charge < -0.3 is 29.8 Å². The number of nitrogens with one attached hydrogen (secondary N) is 2. The number of oxazole rings is 1. The summed E-state index contributed by atoms with van der Waals surface area (Å²) >= 11 is 0. The van der Waals surface area contributed by atoms with Crippen LogP contribution in [0.25, 0.3) is 11.3 Å². The molecule has 2 aromatic rings. The van der Waals surface area contributed by atoms with Crippen molar-refractivity contribution in [3.63, 3.8) is 0 Å². The lowest BCUT2D eigenvalue weighted by atomic mass is 9.92. The third-order valence-electron chi connectivity index (χ3n) is 6.07. The smallest absolute Gasteiger partial charge is 0.313 e. The summed E-state index contributed by atoms with van der Waals surface area (Å²) in [5.74, 6) is -0.632. The first-order valence-corrected chi connectivity index (χ1v) is 11.8. The van der Waals surface area contributed by atoms with Crippen LogP contribution in [0.1, 0.15) is 27.7 Å². The van der Waals surface area contributed by atoms with E-state index in [1.807, 2.05) is 13.8 Å². The van der Waals surface area contributed by atoms with E-state index in [9.17, 15) is 19.5 Å². The molecule has 36 heavy (non-hydrogen) atoms. The molecule has 1 aliphatic heterocycles. The van der Waals surface area contributed by atoms with Gasteiger partial charge in [-0.3, -0.25) is 19.3 Å². The molecule has 1 aromatic heterocycles. The number of rotatable bonds is 8. The number of aliphatic hydroxyl groups is 1. The Kier molecular flexibility index (Phi) is 8.36. The van der Waals surface area contributed by atoms with Crippen LogP contribution in [-0.2, 0) is 14.4 Å². The highest BCUT2D eigenvalue weighted by Crippen LogP contribution is 2.32. The zero-order chi connectivity index (χ0) is 26.5. The molecule has 0 unspecified atom stereocenters. The predicted molar refractivity (Wildman–Crippen MR) is 133 cm³/mol. The average Bonchev–Trinajstić information content (AvgIpc) is 3.38. The van der Waals surface area contributed by atoms with Crippen molar-refractivity contribution in [2.75, 3.05) is 51.8 Å². The van der Waals surface area contributed by atoms with Crippen molar-refractivity contribution in [3.8, 4) is 17.1 Å². The number of aliphatic hydroxyl groups excluding tert-OH is 1. The number of piperazine rings is 1. The molecule has 11 heteroatoms. The van der Waals surface area contributed by atoms with Gasteiger partial charge in [-0.15, -0.1) is 0 Å². The minimum atomic E-state index is -0.802. The highest BCUT2D eigenvalue weighted by atomic mass is 16.5. The topological polar surface area (TPSA) is 137 Å². The summed E-state index contributed by atoms with van der Waals surface area (Å²) in [5.41, 5.74) is -0.415. The first kappa shape index (κ1) is 27.2. The summed E-state index contributed by atoms with van der Waals surface area (Å²) in [6, 6.07) is 4.96. The predicted octanol–water partition coefficient (Wildman–Crippen LogP) is 1.35. The third-order valence-corrected chi connectivity index (χ3v) is 6.07. The van der Waals surface area contributed by atoms with Gasteiger partial charge in [0.15, 0.2) is 12.2 Å². The zero-order valence-corrected chi connectivity index (χ0v) is 21.5. The Morgan fingerprint density at radius 1 is 1.11 bits per heavy atom. The Morgan fingerprint density at radius 2 is 1.81 bits per heavy atom. The number of amides is 3. The van der Waals surface area contributed by atoms with Crippen molar-refractivity contribution in [2.45, 2.75) is 33.2 Å². The molecular formula is C25H35N5O6. The summed E-state index contributed by atoms with van der Waals surface area (Å²) in [7, 11) is 1.50. The van der Waals surface area contributed by atoms with E-state index in [-0.39, 0.29) is 12.5 Å². The van der Waals surface area contributed by atoms with Gasteiger partial charge in [0.25, 0.3) is 0 Å². The molecule has 0 aliphatic carbocycles. The second-order valence-electron chi connectivity index (χ2n) is 10.2. The van der Waals surface area contributed by atoms with Crippen LogP contribution in [0.2, 0.25) is 0 Å². The van der Waals surface area contributed by atoms with E-state index in [1.54, 1.807) is 43.1 Å². The number of benzene rings is 1. The van der Waals surface area contributed by atoms with Crippen LogP contribution in [-0.4, -0.2) is 89.6 Å². The lowest BCUT2D eigenvalue weighted by molar-refractivity contribution is -0.144. The first-order chi connectivity index (χ1) is 17.0. The minimum absolute atomic E-state index is 0.0700. The molecule has 11 nitrogen and oxygen atoms in total. The van der Waals surface area contributed by atoms with Crippen molar-refractivity contribution >= 4 is 23.4 Å². The van der Waals surface area contributed by atoms with E-state index < -0.39 is 22.8 Å². The number of anilines is 1. The molecule has 0 saturated carbocycles. The summed E-state index contributed by atoms with van der Waals surface area (Å²) in [4.78, 5) is 45.5. The number of hydrogen-bond acceptors (Lipinski definition) is 8. The van der Waals surface area contributed by atoms with Gasteiger partial charge in [-0.2, -0.15) is 0 Å². The standard InChI is InChI=1S/C25H35N5O6/c1-24(2,15-31)23(34)30-10-8-29(9-11-30)14-25(3,4)28-22(33)21(32)27-17-6-7-18(19(12-17)35-5)20-13-26-16-36-20/h6-7,12-13,16,31H,8-11,14-15H2,1-5H3,(H,27,32)(H,28,33). The fourth-order valence-electron chi connectivity index (χ4n) is 4.08. The van der Waals surface area contributed by atoms with Crippen LogP contribution in [0, 0.1) is 5.41 Å². The molecule has 1 aromatic carbocycles. The molecule has 196 valence electrons. The number of ether oxygens (including phenoxy) is 1. The number of aromatic nitrogens is 1. The van der Waals surface area contributed by atoms with E-state index in [4.69, 9.17) is 9.15 Å². The minimum Gasteiger partial charge on any atom is -0.496 e. The molecule has 3 N–H and O–H groups in total. The third kappa shape index (κ3) is 6.61. The van der Waals surface area contributed by atoms with Crippen molar-refractivity contribution < 1.29 is 28.6 Å². The number of hydrogen-bond donors (Lipinski definition) is 3. The van der Waals surface area contributed by atoms with E-state index in [1.165, 1.54) is 13.5 Å². The number of nitrogens with zero attached hydrogens (tertiary/aromatic N) is 3. The van der Waals surface area contributed by atoms with E-state index in [0.717, 1.165) is 0 Å². The van der Waals surface area contributed by atoms with Gasteiger partial charge in [0, 0.05) is 50.0 Å². The number of carbonyl (C=O) groups excluding carboxylic acids is 3. The second-order valence-corrected chi connectivity index (χ2v) is 10.2. The fourth-order valence-corrected chi connectivity index (χ4v) is 4.08. The second kappa shape index (κ2) is 11.1. The Balaban J connectivity index is 1.53. The first-order valence-electron chi connectivity index (χ1n) is 11.8. The van der Waals surface area contributed by atoms with Gasteiger partial charge >= 0.3 is 11.8 Å². The Bertz CT molecular complexity index is 1070. The highest BCUT2D eigenvalue weighted by Gasteiger charge is 2.34. The van der Waals surface area contributed by atoms with Gasteiger partial charge in [-0.25, -0.2) is 4.98 Å². The molecule has 0 radical (unpaired) electrons. The molecule has 1 aliphatic rings. The monoisotopic (exact) mass is 501 g/mol. The number of methoxy groups -OCH3 is 1. The highest BCUT2D eigenvalue weighted by molar-refractivity contribution is 6.39. The van der Waals surface area contributed by atoms with Crippen molar-refractivity contribution in [1.29, 1.82) is 0 Å². The van der Waals surface area contributed by atoms with Crippen LogP contribution in [0.4, 0.5) is 5.69 Å². The van der Waals surface area contributed by atoms with Gasteiger partial charge in [-0.05, 0) is 39.8 Å². The van der Waals surface area contributed by atoms with Crippen LogP contribution >= 0.6 is 0 Å². The normalized spacial score (nSPS) is 14.9. The van der Waals surface area contributed by atoms with E-state index >= 15 is 0 Å². The Labute approximate surface area is 210 Å². The van der Waals surface area contributed by atoms with Gasteiger partial charge in [0.2, 0.25) is 5.91 Å². The summed E-state index contributed by atoms with van der Waals surface area (Å²) < 4.78 is 10.7. The van der Waals surface area contributed by atoms with Crippen LogP contribution < -0.4 is 15.4 Å².